The Bertz CT molecular complexity index is 991. The van der Waals surface area contributed by atoms with Crippen molar-refractivity contribution in [1.82, 2.24) is 4.90 Å². The van der Waals surface area contributed by atoms with Crippen LogP contribution in [0.25, 0.3) is 11.0 Å². The Hall–Kier alpha value is -3.00. The molecule has 0 unspecified atom stereocenters. The lowest BCUT2D eigenvalue weighted by molar-refractivity contribution is -0.152. The van der Waals surface area contributed by atoms with Crippen LogP contribution in [0.3, 0.4) is 0 Å². The molecule has 1 saturated heterocycles. The molecule has 3 aromatic rings. The molecule has 1 aliphatic rings. The summed E-state index contributed by atoms with van der Waals surface area (Å²) in [6.07, 6.45) is 1.52. The lowest BCUT2D eigenvalue weighted by Crippen LogP contribution is -2.43. The second kappa shape index (κ2) is 7.55. The molecule has 7 nitrogen and oxygen atoms in total. The number of esters is 1. The van der Waals surface area contributed by atoms with Gasteiger partial charge in [0.25, 0.3) is 0 Å². The van der Waals surface area contributed by atoms with Gasteiger partial charge in [0.2, 0.25) is 11.7 Å². The number of thioether (sulfide) groups is 1. The molecule has 0 N–H and O–H groups in total. The summed E-state index contributed by atoms with van der Waals surface area (Å²) in [4.78, 5) is 38.4. The van der Waals surface area contributed by atoms with Gasteiger partial charge in [-0.2, -0.15) is 0 Å². The molecule has 4 rings (SSSR count). The van der Waals surface area contributed by atoms with Gasteiger partial charge in [-0.25, -0.2) is 4.79 Å². The van der Waals surface area contributed by atoms with E-state index >= 15 is 0 Å². The standard InChI is InChI=1S/C20H17NO6S/c1-12(22)21-14(11-28-19(21)17-7-4-8-25-17)20(24)26-10-15(23)18-9-13-5-2-3-6-16(13)27-18/h2-9,14,19H,10-11H2,1H3/t14-,19-/m1/s1. The van der Waals surface area contributed by atoms with Crippen LogP contribution in [0.15, 0.2) is 57.6 Å². The summed E-state index contributed by atoms with van der Waals surface area (Å²) < 4.78 is 16.1. The molecule has 8 heteroatoms. The third-order valence-electron chi connectivity index (χ3n) is 4.47. The van der Waals surface area contributed by atoms with Crippen LogP contribution in [0.5, 0.6) is 0 Å². The largest absolute Gasteiger partial charge is 0.466 e. The highest BCUT2D eigenvalue weighted by Gasteiger charge is 2.43. The minimum Gasteiger partial charge on any atom is -0.466 e. The fourth-order valence-corrected chi connectivity index (χ4v) is 4.56. The Morgan fingerprint density at radius 1 is 1.21 bits per heavy atom. The molecule has 28 heavy (non-hydrogen) atoms. The number of para-hydroxylation sites is 1. The molecule has 0 aliphatic carbocycles. The number of carbonyl (C=O) groups excluding carboxylic acids is 3. The van der Waals surface area contributed by atoms with Gasteiger partial charge in [-0.15, -0.1) is 11.8 Å². The van der Waals surface area contributed by atoms with E-state index in [2.05, 4.69) is 0 Å². The first kappa shape index (κ1) is 18.4. The van der Waals surface area contributed by atoms with Crippen molar-refractivity contribution in [3.8, 4) is 0 Å². The van der Waals surface area contributed by atoms with Crippen LogP contribution >= 0.6 is 11.8 Å². The van der Waals surface area contributed by atoms with Crippen LogP contribution in [0, 0.1) is 0 Å². The van der Waals surface area contributed by atoms with Crippen molar-refractivity contribution in [2.75, 3.05) is 12.4 Å². The van der Waals surface area contributed by atoms with E-state index in [1.807, 2.05) is 18.2 Å². The fourth-order valence-electron chi connectivity index (χ4n) is 3.15. The molecule has 1 amide bonds. The van der Waals surface area contributed by atoms with Gasteiger partial charge in [-0.05, 0) is 24.3 Å². The monoisotopic (exact) mass is 399 g/mol. The van der Waals surface area contributed by atoms with Gasteiger partial charge in [-0.1, -0.05) is 18.2 Å². The lowest BCUT2D eigenvalue weighted by atomic mass is 10.2. The molecule has 1 fully saturated rings. The summed E-state index contributed by atoms with van der Waals surface area (Å²) in [7, 11) is 0. The van der Waals surface area contributed by atoms with E-state index in [0.717, 1.165) is 5.39 Å². The molecule has 3 heterocycles. The van der Waals surface area contributed by atoms with Crippen LogP contribution in [-0.2, 0) is 14.3 Å². The van der Waals surface area contributed by atoms with Crippen LogP contribution < -0.4 is 0 Å². The summed E-state index contributed by atoms with van der Waals surface area (Å²) in [6.45, 7) is 0.943. The maximum Gasteiger partial charge on any atom is 0.330 e. The van der Waals surface area contributed by atoms with Crippen molar-refractivity contribution in [3.05, 3.63) is 60.2 Å². The number of nitrogens with zero attached hydrogens (tertiary/aromatic N) is 1. The zero-order valence-corrected chi connectivity index (χ0v) is 15.8. The fraction of sp³-hybridized carbons (Fsp3) is 0.250. The van der Waals surface area contributed by atoms with E-state index in [1.165, 1.54) is 29.8 Å². The first-order valence-corrected chi connectivity index (χ1v) is 9.72. The van der Waals surface area contributed by atoms with E-state index in [1.54, 1.807) is 24.3 Å². The van der Waals surface area contributed by atoms with Gasteiger partial charge in [0.15, 0.2) is 12.4 Å². The Morgan fingerprint density at radius 2 is 2.04 bits per heavy atom. The Kier molecular flexibility index (Phi) is 4.95. The van der Waals surface area contributed by atoms with Crippen LogP contribution in [0.4, 0.5) is 0 Å². The SMILES string of the molecule is CC(=O)N1[C@@H](C(=O)OCC(=O)c2cc3ccccc3o2)CS[C@@H]1c1ccco1. The third kappa shape index (κ3) is 3.43. The number of ether oxygens (including phenoxy) is 1. The van der Waals surface area contributed by atoms with E-state index in [0.29, 0.717) is 17.1 Å². The minimum atomic E-state index is -0.777. The van der Waals surface area contributed by atoms with Crippen molar-refractivity contribution in [3.63, 3.8) is 0 Å². The van der Waals surface area contributed by atoms with E-state index in [-0.39, 0.29) is 11.7 Å². The van der Waals surface area contributed by atoms with E-state index in [4.69, 9.17) is 13.6 Å². The zero-order chi connectivity index (χ0) is 19.7. The zero-order valence-electron chi connectivity index (χ0n) is 15.0. The number of fused-ring (bicyclic) bond motifs is 1. The molecule has 144 valence electrons. The lowest BCUT2D eigenvalue weighted by Gasteiger charge is -2.25. The number of rotatable bonds is 5. The molecule has 0 spiro atoms. The topological polar surface area (TPSA) is 90.0 Å². The summed E-state index contributed by atoms with van der Waals surface area (Å²) >= 11 is 1.41. The average Bonchev–Trinajstić information content (AvgIpc) is 3.43. The highest BCUT2D eigenvalue weighted by atomic mass is 32.2. The minimum absolute atomic E-state index is 0.131. The van der Waals surface area contributed by atoms with Crippen LogP contribution in [0.2, 0.25) is 0 Å². The van der Waals surface area contributed by atoms with Crippen molar-refractivity contribution in [2.45, 2.75) is 18.3 Å². The number of hydrogen-bond donors (Lipinski definition) is 0. The Balaban J connectivity index is 1.42. The van der Waals surface area contributed by atoms with Crippen LogP contribution in [-0.4, -0.2) is 41.0 Å². The number of hydrogen-bond acceptors (Lipinski definition) is 7. The first-order valence-electron chi connectivity index (χ1n) is 8.67. The Labute approximate surface area is 164 Å². The van der Waals surface area contributed by atoms with Gasteiger partial charge in [0.05, 0.1) is 6.26 Å². The predicted molar refractivity (Wildman–Crippen MR) is 102 cm³/mol. The van der Waals surface area contributed by atoms with Gasteiger partial charge < -0.3 is 18.5 Å². The second-order valence-electron chi connectivity index (χ2n) is 6.32. The Morgan fingerprint density at radius 3 is 2.75 bits per heavy atom. The number of furan rings is 2. The highest BCUT2D eigenvalue weighted by Crippen LogP contribution is 2.41. The van der Waals surface area contributed by atoms with Crippen molar-refractivity contribution in [1.29, 1.82) is 0 Å². The molecule has 0 bridgehead atoms. The number of carbonyl (C=O) groups is 3. The molecule has 2 atom stereocenters. The van der Waals surface area contributed by atoms with E-state index in [9.17, 15) is 14.4 Å². The predicted octanol–water partition coefficient (Wildman–Crippen LogP) is 3.41. The summed E-state index contributed by atoms with van der Waals surface area (Å²) in [5, 5.41) is 0.407. The maximum absolute atomic E-state index is 12.5. The molecular weight excluding hydrogens is 382 g/mol. The number of ketones is 1. The van der Waals surface area contributed by atoms with Crippen molar-refractivity contribution < 1.29 is 28.0 Å². The molecule has 0 radical (unpaired) electrons. The molecule has 0 saturated carbocycles. The summed E-state index contributed by atoms with van der Waals surface area (Å²) in [5.41, 5.74) is 0.591. The van der Waals surface area contributed by atoms with Gasteiger partial charge in [0, 0.05) is 18.1 Å². The highest BCUT2D eigenvalue weighted by molar-refractivity contribution is 7.99. The van der Waals surface area contributed by atoms with Crippen molar-refractivity contribution >= 4 is 40.4 Å². The normalized spacial score (nSPS) is 19.1. The molecule has 2 aromatic heterocycles. The maximum atomic E-state index is 12.5. The number of benzene rings is 1. The summed E-state index contributed by atoms with van der Waals surface area (Å²) in [5.74, 6) is -0.242. The third-order valence-corrected chi connectivity index (χ3v) is 5.75. The molecule has 1 aromatic carbocycles. The smallest absolute Gasteiger partial charge is 0.330 e. The average molecular weight is 399 g/mol. The van der Waals surface area contributed by atoms with Crippen LogP contribution in [0.1, 0.15) is 28.6 Å². The van der Waals surface area contributed by atoms with Crippen molar-refractivity contribution in [2.24, 2.45) is 0 Å². The quantitative estimate of drug-likeness (QED) is 0.480. The van der Waals surface area contributed by atoms with Gasteiger partial charge in [0.1, 0.15) is 22.8 Å². The summed E-state index contributed by atoms with van der Waals surface area (Å²) in [6, 6.07) is 11.6. The number of amides is 1. The molecular formula is C20H17NO6S. The number of Topliss-reactive ketones (excluding diaryl/α,β-unsaturated/α-hetero) is 1. The second-order valence-corrected chi connectivity index (χ2v) is 7.44. The van der Waals surface area contributed by atoms with Gasteiger partial charge >= 0.3 is 5.97 Å². The van der Waals surface area contributed by atoms with Gasteiger partial charge in [-0.3, -0.25) is 9.59 Å². The molecule has 1 aliphatic heterocycles. The first-order chi connectivity index (χ1) is 13.5. The van der Waals surface area contributed by atoms with E-state index < -0.39 is 29.8 Å².